The van der Waals surface area contributed by atoms with Gasteiger partial charge < -0.3 is 9.47 Å². The number of carbonyl (C=O) groups excluding carboxylic acids is 1. The summed E-state index contributed by atoms with van der Waals surface area (Å²) in [5.41, 5.74) is 0.962. The molecule has 0 saturated heterocycles. The van der Waals surface area contributed by atoms with Crippen molar-refractivity contribution in [1.82, 2.24) is 0 Å². The van der Waals surface area contributed by atoms with Gasteiger partial charge in [0, 0.05) is 6.08 Å². The summed E-state index contributed by atoms with van der Waals surface area (Å²) in [6.45, 7) is 6.49. The van der Waals surface area contributed by atoms with Gasteiger partial charge in [-0.2, -0.15) is 0 Å². The van der Waals surface area contributed by atoms with Crippen molar-refractivity contribution in [2.24, 2.45) is 0 Å². The Balaban J connectivity index is 2.45. The Bertz CT molecular complexity index is 327. The van der Waals surface area contributed by atoms with Crippen LogP contribution >= 0.6 is 0 Å². The quantitative estimate of drug-likeness (QED) is 0.417. The standard InChI is InChI=1S/C16H26O3/c1-4-5-8-11-18-14-9-6-7-10-15(14)19-16(17)12-13(2)3/h5,8,12,14-15H,4,6-7,9-11H2,1-3H3. The van der Waals surface area contributed by atoms with E-state index in [1.165, 1.54) is 0 Å². The molecule has 0 aliphatic heterocycles. The van der Waals surface area contributed by atoms with Gasteiger partial charge in [0.2, 0.25) is 0 Å². The van der Waals surface area contributed by atoms with Crippen LogP contribution in [0.25, 0.3) is 0 Å². The first kappa shape index (κ1) is 16.0. The molecular formula is C16H26O3. The van der Waals surface area contributed by atoms with Crippen LogP contribution in [0.2, 0.25) is 0 Å². The molecule has 3 heteroatoms. The number of allylic oxidation sites excluding steroid dienone is 2. The topological polar surface area (TPSA) is 35.5 Å². The van der Waals surface area contributed by atoms with Crippen molar-refractivity contribution in [1.29, 1.82) is 0 Å². The SMILES string of the molecule is CCC=CCOC1CCCCC1OC(=O)C=C(C)C. The molecule has 108 valence electrons. The molecule has 0 radical (unpaired) electrons. The van der Waals surface area contributed by atoms with Crippen LogP contribution in [0, 0.1) is 0 Å². The minimum absolute atomic E-state index is 0.0461. The van der Waals surface area contributed by atoms with Gasteiger partial charge in [0.05, 0.1) is 12.7 Å². The van der Waals surface area contributed by atoms with Crippen LogP contribution in [0.4, 0.5) is 0 Å². The summed E-state index contributed by atoms with van der Waals surface area (Å²) in [5, 5.41) is 0. The molecule has 0 spiro atoms. The van der Waals surface area contributed by atoms with Crippen molar-refractivity contribution in [3.8, 4) is 0 Å². The highest BCUT2D eigenvalue weighted by atomic mass is 16.6. The van der Waals surface area contributed by atoms with Crippen LogP contribution in [0.15, 0.2) is 23.8 Å². The summed E-state index contributed by atoms with van der Waals surface area (Å²) < 4.78 is 11.3. The lowest BCUT2D eigenvalue weighted by atomic mass is 9.94. The molecule has 2 atom stereocenters. The number of ether oxygens (including phenoxy) is 2. The van der Waals surface area contributed by atoms with E-state index in [1.54, 1.807) is 6.08 Å². The average Bonchev–Trinajstić information content (AvgIpc) is 2.35. The lowest BCUT2D eigenvalue weighted by molar-refractivity contribution is -0.154. The van der Waals surface area contributed by atoms with Gasteiger partial charge in [-0.15, -0.1) is 0 Å². The molecule has 1 saturated carbocycles. The first-order valence-corrected chi connectivity index (χ1v) is 7.25. The van der Waals surface area contributed by atoms with E-state index < -0.39 is 0 Å². The van der Waals surface area contributed by atoms with E-state index in [1.807, 2.05) is 19.9 Å². The number of esters is 1. The van der Waals surface area contributed by atoms with Crippen molar-refractivity contribution in [3.63, 3.8) is 0 Å². The van der Waals surface area contributed by atoms with Crippen LogP contribution in [0.5, 0.6) is 0 Å². The second kappa shape index (κ2) is 8.92. The maximum atomic E-state index is 11.7. The molecule has 1 fully saturated rings. The Kier molecular flexibility index (Phi) is 7.49. The Morgan fingerprint density at radius 2 is 1.84 bits per heavy atom. The number of hydrogen-bond donors (Lipinski definition) is 0. The minimum Gasteiger partial charge on any atom is -0.456 e. The zero-order valence-corrected chi connectivity index (χ0v) is 12.4. The average molecular weight is 266 g/mol. The molecule has 1 aliphatic carbocycles. The van der Waals surface area contributed by atoms with E-state index >= 15 is 0 Å². The van der Waals surface area contributed by atoms with Gasteiger partial charge in [-0.25, -0.2) is 4.79 Å². The normalized spacial score (nSPS) is 23.3. The first-order chi connectivity index (χ1) is 9.13. The summed E-state index contributed by atoms with van der Waals surface area (Å²) in [6, 6.07) is 0. The molecule has 0 N–H and O–H groups in total. The third-order valence-electron chi connectivity index (χ3n) is 3.12. The summed E-state index contributed by atoms with van der Waals surface area (Å²) in [6.07, 6.45) is 10.8. The van der Waals surface area contributed by atoms with Gasteiger partial charge in [-0.05, 0) is 39.5 Å². The van der Waals surface area contributed by atoms with Crippen molar-refractivity contribution in [2.45, 2.75) is 65.1 Å². The molecular weight excluding hydrogens is 240 g/mol. The molecule has 1 aliphatic rings. The lowest BCUT2D eigenvalue weighted by Crippen LogP contribution is -2.36. The summed E-state index contributed by atoms with van der Waals surface area (Å²) in [5.74, 6) is -0.246. The smallest absolute Gasteiger partial charge is 0.331 e. The van der Waals surface area contributed by atoms with Gasteiger partial charge in [0.15, 0.2) is 0 Å². The Morgan fingerprint density at radius 1 is 1.16 bits per heavy atom. The van der Waals surface area contributed by atoms with E-state index in [-0.39, 0.29) is 18.2 Å². The third-order valence-corrected chi connectivity index (χ3v) is 3.12. The Labute approximate surface area is 116 Å². The van der Waals surface area contributed by atoms with Crippen LogP contribution in [0.3, 0.4) is 0 Å². The third kappa shape index (κ3) is 6.58. The fraction of sp³-hybridized carbons (Fsp3) is 0.688. The van der Waals surface area contributed by atoms with Gasteiger partial charge in [0.1, 0.15) is 6.10 Å². The summed E-state index contributed by atoms with van der Waals surface area (Å²) in [4.78, 5) is 11.7. The highest BCUT2D eigenvalue weighted by molar-refractivity contribution is 5.82. The first-order valence-electron chi connectivity index (χ1n) is 7.25. The van der Waals surface area contributed by atoms with Gasteiger partial charge >= 0.3 is 5.97 Å². The second-order valence-electron chi connectivity index (χ2n) is 5.23. The van der Waals surface area contributed by atoms with Crippen LogP contribution in [-0.4, -0.2) is 24.8 Å². The maximum Gasteiger partial charge on any atom is 0.331 e. The predicted octanol–water partition coefficient (Wildman–Crippen LogP) is 3.79. The minimum atomic E-state index is -0.246. The van der Waals surface area contributed by atoms with Gasteiger partial charge in [-0.1, -0.05) is 31.1 Å². The largest absolute Gasteiger partial charge is 0.456 e. The van der Waals surface area contributed by atoms with Crippen LogP contribution in [-0.2, 0) is 14.3 Å². The number of hydrogen-bond acceptors (Lipinski definition) is 3. The Morgan fingerprint density at radius 3 is 2.47 bits per heavy atom. The fourth-order valence-electron chi connectivity index (χ4n) is 2.22. The zero-order chi connectivity index (χ0) is 14.1. The van der Waals surface area contributed by atoms with Gasteiger partial charge in [0.25, 0.3) is 0 Å². The fourth-order valence-corrected chi connectivity index (χ4v) is 2.22. The second-order valence-corrected chi connectivity index (χ2v) is 5.23. The lowest BCUT2D eigenvalue weighted by Gasteiger charge is -2.30. The van der Waals surface area contributed by atoms with Crippen molar-refractivity contribution in [2.75, 3.05) is 6.61 Å². The molecule has 1 rings (SSSR count). The maximum absolute atomic E-state index is 11.7. The van der Waals surface area contributed by atoms with E-state index in [0.717, 1.165) is 37.7 Å². The molecule has 0 aromatic heterocycles. The molecule has 0 bridgehead atoms. The highest BCUT2D eigenvalue weighted by Gasteiger charge is 2.28. The predicted molar refractivity (Wildman–Crippen MR) is 77.0 cm³/mol. The van der Waals surface area contributed by atoms with Crippen LogP contribution in [0.1, 0.15) is 52.9 Å². The number of carbonyl (C=O) groups is 1. The summed E-state index contributed by atoms with van der Waals surface area (Å²) >= 11 is 0. The molecule has 0 heterocycles. The van der Waals surface area contributed by atoms with E-state index in [2.05, 4.69) is 13.0 Å². The molecule has 2 unspecified atom stereocenters. The van der Waals surface area contributed by atoms with Crippen LogP contribution < -0.4 is 0 Å². The molecule has 0 amide bonds. The van der Waals surface area contributed by atoms with Crippen molar-refractivity contribution in [3.05, 3.63) is 23.8 Å². The van der Waals surface area contributed by atoms with E-state index in [4.69, 9.17) is 9.47 Å². The number of rotatable bonds is 6. The van der Waals surface area contributed by atoms with Crippen molar-refractivity contribution >= 4 is 5.97 Å². The zero-order valence-electron chi connectivity index (χ0n) is 12.4. The molecule has 19 heavy (non-hydrogen) atoms. The Hall–Kier alpha value is -1.09. The van der Waals surface area contributed by atoms with Crippen molar-refractivity contribution < 1.29 is 14.3 Å². The highest BCUT2D eigenvalue weighted by Crippen LogP contribution is 2.24. The van der Waals surface area contributed by atoms with E-state index in [9.17, 15) is 4.79 Å². The summed E-state index contributed by atoms with van der Waals surface area (Å²) in [7, 11) is 0. The van der Waals surface area contributed by atoms with Gasteiger partial charge in [-0.3, -0.25) is 0 Å². The van der Waals surface area contributed by atoms with E-state index in [0.29, 0.717) is 6.61 Å². The molecule has 0 aromatic rings. The monoisotopic (exact) mass is 266 g/mol. The molecule has 3 nitrogen and oxygen atoms in total. The molecule has 0 aromatic carbocycles.